The van der Waals surface area contributed by atoms with Gasteiger partial charge in [-0.05, 0) is 133 Å². The van der Waals surface area contributed by atoms with Crippen molar-refractivity contribution < 1.29 is 19.2 Å². The SMILES string of the molecule is [2H]c1c2c3c(c([2H])c1C(C)(C)C)-n1c4c(-c5ccccc5)cccc4c4ccccc4c4ccccc4c4c([Si](c5ccccc5)(c5ccccc5)c5ccccc5)c([2H])c([2H])c(c41)B3c1c([2H])c([2H])c(-n3c4c([2H])c([2H])c([2H])c([2H])c4c4c([2H])c([2H])c([2H])c([2H])c43)c3c4ccccc4c4ccccc4c4cccc(-c5ccccc5)c4n-2c13. The molecule has 0 fully saturated rings. The van der Waals surface area contributed by atoms with E-state index in [0.29, 0.717) is 76.3 Å². The Hall–Kier alpha value is -12.8. The summed E-state index contributed by atoms with van der Waals surface area (Å²) in [5.41, 5.74) is 4.65. The van der Waals surface area contributed by atoms with Crippen LogP contribution in [0.15, 0.2) is 370 Å². The maximum atomic E-state index is 12.1. The highest BCUT2D eigenvalue weighted by Crippen LogP contribution is 2.47. The van der Waals surface area contributed by atoms with Gasteiger partial charge in [0, 0.05) is 60.3 Å². The maximum absolute atomic E-state index is 12.1. The van der Waals surface area contributed by atoms with Crippen molar-refractivity contribution in [3.63, 3.8) is 0 Å². The molecule has 16 aromatic carbocycles. The Bertz CT molecular complexity index is 7710. The van der Waals surface area contributed by atoms with Crippen molar-refractivity contribution in [2.75, 3.05) is 0 Å². The average molecular weight is 1370 g/mol. The van der Waals surface area contributed by atoms with Crippen LogP contribution < -0.4 is 37.1 Å². The molecule has 0 radical (unpaired) electrons. The molecule has 2 aliphatic heterocycles. The third kappa shape index (κ3) is 8.92. The fourth-order valence-electron chi connectivity index (χ4n) is 17.6. The Morgan fingerprint density at radius 2 is 0.648 bits per heavy atom. The average Bonchev–Trinajstić information content (AvgIpc) is 1.48. The summed E-state index contributed by atoms with van der Waals surface area (Å²) in [5, 5.41) is 10.8. The van der Waals surface area contributed by atoms with Crippen molar-refractivity contribution in [3.8, 4) is 39.3 Å². The van der Waals surface area contributed by atoms with Crippen molar-refractivity contribution in [2.45, 2.75) is 26.2 Å². The normalized spacial score (nSPS) is 14.4. The van der Waals surface area contributed by atoms with E-state index >= 15 is 0 Å². The van der Waals surface area contributed by atoms with Crippen LogP contribution in [0.2, 0.25) is 0 Å². The van der Waals surface area contributed by atoms with E-state index in [-0.39, 0.29) is 79.2 Å². The second-order valence-corrected chi connectivity index (χ2v) is 32.3. The largest absolute Gasteiger partial charge is 0.310 e. The Morgan fingerprint density at radius 3 is 1.09 bits per heavy atom. The Labute approximate surface area is 630 Å². The second-order valence-electron chi connectivity index (χ2n) is 28.5. The molecule has 492 valence electrons. The van der Waals surface area contributed by atoms with Gasteiger partial charge in [-0.2, -0.15) is 0 Å². The zero-order valence-corrected chi connectivity index (χ0v) is 58.6. The van der Waals surface area contributed by atoms with Crippen molar-refractivity contribution in [1.29, 1.82) is 0 Å². The molecule has 0 atom stereocenters. The second kappa shape index (κ2) is 23.6. The minimum absolute atomic E-state index is 0.0128. The van der Waals surface area contributed by atoms with Crippen molar-refractivity contribution in [3.05, 3.63) is 375 Å². The molecule has 0 saturated heterocycles. The number of benzene rings is 16. The minimum Gasteiger partial charge on any atom is -0.310 e. The predicted octanol–water partition coefficient (Wildman–Crippen LogP) is 21.0. The van der Waals surface area contributed by atoms with E-state index in [1.165, 1.54) is 4.57 Å². The molecule has 0 spiro atoms. The molecule has 5 heteroatoms. The summed E-state index contributed by atoms with van der Waals surface area (Å²) >= 11 is 0. The lowest BCUT2D eigenvalue weighted by molar-refractivity contribution is 0.589. The van der Waals surface area contributed by atoms with E-state index < -0.39 is 80.6 Å². The Morgan fingerprint density at radius 1 is 0.295 bits per heavy atom. The van der Waals surface area contributed by atoms with Crippen molar-refractivity contribution in [1.82, 2.24) is 13.7 Å². The molecule has 0 bridgehead atoms. The quantitative estimate of drug-likeness (QED) is 0.112. The Kier molecular flexibility index (Phi) is 10.8. The monoisotopic (exact) mass is 1370 g/mol. The smallest absolute Gasteiger partial charge is 0.252 e. The molecule has 21 rings (SSSR count). The van der Waals surface area contributed by atoms with Crippen LogP contribution in [0.25, 0.3) is 148 Å². The fraction of sp³-hybridized carbons (Fsp3) is 0.0400. The molecule has 5 heterocycles. The van der Waals surface area contributed by atoms with Gasteiger partial charge >= 0.3 is 0 Å². The zero-order valence-electron chi connectivity index (χ0n) is 71.6. The number of hydrogen-bond donors (Lipinski definition) is 0. The molecule has 0 aliphatic carbocycles. The number of fused-ring (bicyclic) bond motifs is 21. The summed E-state index contributed by atoms with van der Waals surface area (Å²) in [6, 6.07) is 89.6. The minimum atomic E-state index is -4.15. The number of nitrogens with zero attached hydrogens (tertiary/aromatic N) is 3. The van der Waals surface area contributed by atoms with Crippen LogP contribution >= 0.6 is 0 Å². The molecule has 0 amide bonds. The highest BCUT2D eigenvalue weighted by molar-refractivity contribution is 7.21. The van der Waals surface area contributed by atoms with Crippen LogP contribution in [0.5, 0.6) is 0 Å². The van der Waals surface area contributed by atoms with Gasteiger partial charge in [-0.25, -0.2) is 0 Å². The summed E-state index contributed by atoms with van der Waals surface area (Å²) in [7, 11) is -4.15. The van der Waals surface area contributed by atoms with Crippen molar-refractivity contribution in [2.24, 2.45) is 0 Å². The molecule has 105 heavy (non-hydrogen) atoms. The summed E-state index contributed by atoms with van der Waals surface area (Å²) in [6.07, 6.45) is 0. The first-order valence-electron chi connectivity index (χ1n) is 42.7. The summed E-state index contributed by atoms with van der Waals surface area (Å²) in [5.74, 6) is 0. The van der Waals surface area contributed by atoms with Gasteiger partial charge in [-0.1, -0.05) is 360 Å². The van der Waals surface area contributed by atoms with Crippen LogP contribution in [0.3, 0.4) is 0 Å². The predicted molar refractivity (Wildman–Crippen MR) is 453 cm³/mol. The molecule has 0 unspecified atom stereocenters. The standard InChI is InChI=1S/C100H70BN3Si/c1-100(2,3)67-63-90-95-91(64-67)104-97-72(66-35-11-5-12-36-66)54-32-56-84(97)78-48-22-20-44-74(78)76-46-24-26-52-82(76)94-92(105(68-37-13-6-14-38-68,69-39-15-7-16-40-69)70-41-17-8-18-42-70)62-60-86(99(94)104)101(95)85-59-61-89(102-87-57-29-27-49-79(87)80-50-28-30-58-88(80)102)93-81-51-25-23-45-75(81)73-43-19-21-47-77(73)83-55-31-53-71(65-33-9-4-10-34-65)96(83)103(90)98(85)93/h4-64H,1-3H3/i27D,28D,29D,30D,49D,50D,57D,58D,59D,60D,61D,62D,63D,64D. The van der Waals surface area contributed by atoms with Crippen LogP contribution in [-0.2, 0) is 5.41 Å². The third-order valence-electron chi connectivity index (χ3n) is 22.0. The van der Waals surface area contributed by atoms with E-state index in [2.05, 4.69) is 112 Å². The summed E-state index contributed by atoms with van der Waals surface area (Å²) < 4.78 is 155. The van der Waals surface area contributed by atoms with Crippen molar-refractivity contribution >= 4 is 160 Å². The molecule has 3 aromatic heterocycles. The summed E-state index contributed by atoms with van der Waals surface area (Å²) in [6.45, 7) is 4.58. The molecule has 19 aromatic rings. The van der Waals surface area contributed by atoms with Gasteiger partial charge in [0.05, 0.1) is 52.5 Å². The first-order chi connectivity index (χ1) is 57.7. The third-order valence-corrected chi connectivity index (χ3v) is 26.7. The first-order valence-corrected chi connectivity index (χ1v) is 37.7. The fourth-order valence-corrected chi connectivity index (χ4v) is 22.4. The lowest BCUT2D eigenvalue weighted by atomic mass is 9.34. The maximum Gasteiger partial charge on any atom is 0.252 e. The Balaban J connectivity index is 1.17. The first kappa shape index (κ1) is 48.2. The molecular formula is C100H70BN3Si. The van der Waals surface area contributed by atoms with E-state index in [1.807, 2.05) is 203 Å². The molecular weight excluding hydrogens is 1280 g/mol. The van der Waals surface area contributed by atoms with E-state index in [1.54, 1.807) is 0 Å². The number of aromatic nitrogens is 3. The highest BCUT2D eigenvalue weighted by atomic mass is 28.3. The van der Waals surface area contributed by atoms with Gasteiger partial charge in [0.1, 0.15) is 0 Å². The van der Waals surface area contributed by atoms with Gasteiger partial charge < -0.3 is 13.7 Å². The number of para-hydroxylation sites is 4. The van der Waals surface area contributed by atoms with Gasteiger partial charge in [0.25, 0.3) is 6.71 Å². The lowest BCUT2D eigenvalue weighted by Crippen LogP contribution is -2.75. The van der Waals surface area contributed by atoms with Crippen LogP contribution in [0, 0.1) is 0 Å². The van der Waals surface area contributed by atoms with E-state index in [4.69, 9.17) is 0 Å². The zero-order chi connectivity index (χ0) is 81.8. The van der Waals surface area contributed by atoms with Crippen LogP contribution in [0.1, 0.15) is 45.5 Å². The van der Waals surface area contributed by atoms with Gasteiger partial charge in [0.15, 0.2) is 8.07 Å². The molecule has 0 N–H and O–H groups in total. The molecule has 0 saturated carbocycles. The molecule has 3 nitrogen and oxygen atoms in total. The number of rotatable bonds is 7. The lowest BCUT2D eigenvalue weighted by Gasteiger charge is -2.40. The molecule has 2 aliphatic rings. The van der Waals surface area contributed by atoms with Crippen LogP contribution in [-0.4, -0.2) is 28.5 Å². The van der Waals surface area contributed by atoms with Crippen LogP contribution in [0.4, 0.5) is 0 Å². The van der Waals surface area contributed by atoms with Gasteiger partial charge in [-0.3, -0.25) is 0 Å². The number of hydrogen-bond acceptors (Lipinski definition) is 0. The van der Waals surface area contributed by atoms with Gasteiger partial charge in [0.2, 0.25) is 0 Å². The topological polar surface area (TPSA) is 14.8 Å². The van der Waals surface area contributed by atoms with E-state index in [9.17, 15) is 19.2 Å². The summed E-state index contributed by atoms with van der Waals surface area (Å²) in [4.78, 5) is 0. The highest BCUT2D eigenvalue weighted by Gasteiger charge is 2.47. The van der Waals surface area contributed by atoms with Gasteiger partial charge in [-0.15, -0.1) is 0 Å². The van der Waals surface area contributed by atoms with E-state index in [0.717, 1.165) is 59.2 Å².